The Labute approximate surface area is 97.2 Å². The van der Waals surface area contributed by atoms with Gasteiger partial charge in [0.1, 0.15) is 0 Å². The predicted molar refractivity (Wildman–Crippen MR) is 63.9 cm³/mol. The highest BCUT2D eigenvalue weighted by Gasteiger charge is 2.41. The second-order valence-electron chi connectivity index (χ2n) is 4.38. The summed E-state index contributed by atoms with van der Waals surface area (Å²) in [7, 11) is 0. The second kappa shape index (κ2) is 6.01. The van der Waals surface area contributed by atoms with E-state index in [4.69, 9.17) is 10.5 Å². The van der Waals surface area contributed by atoms with Gasteiger partial charge < -0.3 is 15.8 Å². The van der Waals surface area contributed by atoms with Gasteiger partial charge in [-0.05, 0) is 19.8 Å². The summed E-state index contributed by atoms with van der Waals surface area (Å²) in [5.74, 6) is 0.306. The molecule has 1 heterocycles. The van der Waals surface area contributed by atoms with Crippen LogP contribution in [0.15, 0.2) is 12.2 Å². The molecule has 1 aliphatic rings. The topological polar surface area (TPSA) is 64.3 Å². The van der Waals surface area contributed by atoms with Crippen molar-refractivity contribution in [1.29, 1.82) is 0 Å². The Balaban J connectivity index is 2.44. The van der Waals surface area contributed by atoms with Crippen LogP contribution in [0.3, 0.4) is 0 Å². The van der Waals surface area contributed by atoms with Crippen molar-refractivity contribution in [3.8, 4) is 0 Å². The van der Waals surface area contributed by atoms with Crippen LogP contribution in [0, 0.1) is 11.8 Å². The minimum absolute atomic E-state index is 0.00323. The lowest BCUT2D eigenvalue weighted by molar-refractivity contribution is -0.126. The van der Waals surface area contributed by atoms with Gasteiger partial charge in [-0.3, -0.25) is 4.79 Å². The van der Waals surface area contributed by atoms with Crippen molar-refractivity contribution >= 4 is 5.91 Å². The molecular formula is C12H22N2O2. The summed E-state index contributed by atoms with van der Waals surface area (Å²) in [6.07, 6.45) is 3.86. The van der Waals surface area contributed by atoms with E-state index in [2.05, 4.69) is 12.2 Å². The fourth-order valence-corrected chi connectivity index (χ4v) is 2.18. The molecule has 0 aromatic rings. The molecule has 4 unspecified atom stereocenters. The third-order valence-corrected chi connectivity index (χ3v) is 3.24. The molecule has 1 amide bonds. The van der Waals surface area contributed by atoms with E-state index in [-0.39, 0.29) is 30.0 Å². The van der Waals surface area contributed by atoms with Gasteiger partial charge in [-0.25, -0.2) is 0 Å². The largest absolute Gasteiger partial charge is 0.374 e. The standard InChI is InChI=1S/C12H22N2O2/c1-8-9(2)16-10(3)11(8)12(15)14-7-5-4-6-13/h4-5,8-11H,6-7,13H2,1-3H3,(H,14,15)/b5-4+. The lowest BCUT2D eigenvalue weighted by Gasteiger charge is -2.17. The molecule has 0 aromatic heterocycles. The van der Waals surface area contributed by atoms with Gasteiger partial charge in [-0.1, -0.05) is 19.1 Å². The number of ether oxygens (including phenoxy) is 1. The van der Waals surface area contributed by atoms with E-state index in [0.29, 0.717) is 13.1 Å². The fraction of sp³-hybridized carbons (Fsp3) is 0.750. The third-order valence-electron chi connectivity index (χ3n) is 3.24. The van der Waals surface area contributed by atoms with Crippen LogP contribution in [0.25, 0.3) is 0 Å². The van der Waals surface area contributed by atoms with E-state index in [0.717, 1.165) is 0 Å². The van der Waals surface area contributed by atoms with E-state index < -0.39 is 0 Å². The highest BCUT2D eigenvalue weighted by molar-refractivity contribution is 5.80. The number of hydrogen-bond donors (Lipinski definition) is 2. The quantitative estimate of drug-likeness (QED) is 0.693. The molecule has 0 spiro atoms. The Morgan fingerprint density at radius 1 is 1.31 bits per heavy atom. The average molecular weight is 226 g/mol. The summed E-state index contributed by atoms with van der Waals surface area (Å²) in [6.45, 7) is 7.09. The number of nitrogens with two attached hydrogens (primary N) is 1. The first-order valence-electron chi connectivity index (χ1n) is 5.86. The maximum absolute atomic E-state index is 11.9. The second-order valence-corrected chi connectivity index (χ2v) is 4.38. The first kappa shape index (κ1) is 13.2. The zero-order valence-corrected chi connectivity index (χ0v) is 10.3. The van der Waals surface area contributed by atoms with Crippen molar-refractivity contribution in [2.45, 2.75) is 33.0 Å². The minimum Gasteiger partial charge on any atom is -0.374 e. The van der Waals surface area contributed by atoms with Gasteiger partial charge in [0, 0.05) is 13.1 Å². The van der Waals surface area contributed by atoms with Crippen molar-refractivity contribution in [2.75, 3.05) is 13.1 Å². The maximum Gasteiger partial charge on any atom is 0.226 e. The SMILES string of the molecule is CC1OC(C)C(C(=O)NC/C=C/CN)C1C. The molecule has 4 heteroatoms. The van der Waals surface area contributed by atoms with Crippen molar-refractivity contribution < 1.29 is 9.53 Å². The van der Waals surface area contributed by atoms with Gasteiger partial charge in [-0.15, -0.1) is 0 Å². The summed E-state index contributed by atoms with van der Waals surface area (Å²) in [5.41, 5.74) is 5.31. The Hall–Kier alpha value is -0.870. The Bertz CT molecular complexity index is 266. The zero-order valence-electron chi connectivity index (χ0n) is 10.3. The Kier molecular flexibility index (Phi) is 4.96. The normalized spacial score (nSPS) is 34.5. The van der Waals surface area contributed by atoms with E-state index >= 15 is 0 Å². The van der Waals surface area contributed by atoms with E-state index in [1.807, 2.05) is 26.0 Å². The highest BCUT2D eigenvalue weighted by atomic mass is 16.5. The van der Waals surface area contributed by atoms with Gasteiger partial charge in [0.05, 0.1) is 18.1 Å². The molecule has 4 nitrogen and oxygen atoms in total. The number of nitrogens with one attached hydrogen (secondary N) is 1. The van der Waals surface area contributed by atoms with Crippen LogP contribution >= 0.6 is 0 Å². The smallest absolute Gasteiger partial charge is 0.226 e. The van der Waals surface area contributed by atoms with Gasteiger partial charge >= 0.3 is 0 Å². The summed E-state index contributed by atoms with van der Waals surface area (Å²) in [6, 6.07) is 0. The van der Waals surface area contributed by atoms with Gasteiger partial charge in [0.15, 0.2) is 0 Å². The lowest BCUT2D eigenvalue weighted by Crippen LogP contribution is -2.37. The molecule has 16 heavy (non-hydrogen) atoms. The van der Waals surface area contributed by atoms with E-state index in [1.165, 1.54) is 0 Å². The van der Waals surface area contributed by atoms with Gasteiger partial charge in [-0.2, -0.15) is 0 Å². The zero-order chi connectivity index (χ0) is 12.1. The first-order chi connectivity index (χ1) is 7.57. The Morgan fingerprint density at radius 3 is 2.50 bits per heavy atom. The molecule has 1 aliphatic heterocycles. The van der Waals surface area contributed by atoms with Crippen molar-refractivity contribution in [3.63, 3.8) is 0 Å². The van der Waals surface area contributed by atoms with E-state index in [1.54, 1.807) is 0 Å². The summed E-state index contributed by atoms with van der Waals surface area (Å²) < 4.78 is 5.64. The number of amides is 1. The van der Waals surface area contributed by atoms with Crippen LogP contribution in [0.5, 0.6) is 0 Å². The molecule has 1 saturated heterocycles. The lowest BCUT2D eigenvalue weighted by atomic mass is 9.89. The van der Waals surface area contributed by atoms with Crippen LogP contribution < -0.4 is 11.1 Å². The Morgan fingerprint density at radius 2 is 2.00 bits per heavy atom. The fourth-order valence-electron chi connectivity index (χ4n) is 2.18. The van der Waals surface area contributed by atoms with Crippen molar-refractivity contribution in [2.24, 2.45) is 17.6 Å². The molecule has 0 aliphatic carbocycles. The molecule has 0 radical (unpaired) electrons. The molecule has 0 saturated carbocycles. The van der Waals surface area contributed by atoms with Crippen LogP contribution in [0.4, 0.5) is 0 Å². The molecule has 1 fully saturated rings. The van der Waals surface area contributed by atoms with E-state index in [9.17, 15) is 4.79 Å². The van der Waals surface area contributed by atoms with Gasteiger partial charge in [0.2, 0.25) is 5.91 Å². The van der Waals surface area contributed by atoms with Crippen molar-refractivity contribution in [3.05, 3.63) is 12.2 Å². The number of carbonyl (C=O) groups excluding carboxylic acids is 1. The first-order valence-corrected chi connectivity index (χ1v) is 5.86. The molecule has 3 N–H and O–H groups in total. The summed E-state index contributed by atoms with van der Waals surface area (Å²) >= 11 is 0. The van der Waals surface area contributed by atoms with Crippen LogP contribution in [0.1, 0.15) is 20.8 Å². The summed E-state index contributed by atoms with van der Waals surface area (Å²) in [4.78, 5) is 11.9. The average Bonchev–Trinajstić information content (AvgIpc) is 2.48. The highest BCUT2D eigenvalue weighted by Crippen LogP contribution is 2.31. The van der Waals surface area contributed by atoms with Crippen LogP contribution in [-0.2, 0) is 9.53 Å². The van der Waals surface area contributed by atoms with Crippen molar-refractivity contribution in [1.82, 2.24) is 5.32 Å². The molecule has 4 atom stereocenters. The molecule has 0 bridgehead atoms. The summed E-state index contributed by atoms with van der Waals surface area (Å²) in [5, 5.41) is 2.88. The molecule has 1 rings (SSSR count). The van der Waals surface area contributed by atoms with Crippen LogP contribution in [0.2, 0.25) is 0 Å². The number of carbonyl (C=O) groups is 1. The van der Waals surface area contributed by atoms with Gasteiger partial charge in [0.25, 0.3) is 0 Å². The number of hydrogen-bond acceptors (Lipinski definition) is 3. The monoisotopic (exact) mass is 226 g/mol. The molecule has 92 valence electrons. The third kappa shape index (κ3) is 3.06. The van der Waals surface area contributed by atoms with Crippen LogP contribution in [-0.4, -0.2) is 31.2 Å². The predicted octanol–water partition coefficient (Wildman–Crippen LogP) is 0.677. The molecular weight excluding hydrogens is 204 g/mol. The maximum atomic E-state index is 11.9. The molecule has 0 aromatic carbocycles. The number of rotatable bonds is 4. The minimum atomic E-state index is -0.0405.